The predicted octanol–water partition coefficient (Wildman–Crippen LogP) is 10.0. The molecule has 44 heavy (non-hydrogen) atoms. The number of para-hydroxylation sites is 1. The van der Waals surface area contributed by atoms with Crippen LogP contribution in [0.5, 0.6) is 0 Å². The van der Waals surface area contributed by atoms with Crippen LogP contribution in [-0.2, 0) is 26.5 Å². The van der Waals surface area contributed by atoms with Crippen molar-refractivity contribution in [2.24, 2.45) is 5.92 Å². The van der Waals surface area contributed by atoms with Crippen LogP contribution in [0.3, 0.4) is 0 Å². The molecular weight excluding hydrogens is 740 g/mol. The van der Waals surface area contributed by atoms with Gasteiger partial charge in [0.25, 0.3) is 0 Å². The van der Waals surface area contributed by atoms with Crippen molar-refractivity contribution in [3.63, 3.8) is 0 Å². The molecule has 3 heterocycles. The normalized spacial score (nSPS) is 12.1. The molecule has 0 amide bonds. The molecule has 3 aromatic carbocycles. The first-order valence-electron chi connectivity index (χ1n) is 15.3. The molecular formula is C38H39FIrN2OSi-2. The number of pyridine rings is 2. The summed E-state index contributed by atoms with van der Waals surface area (Å²) in [5, 5.41) is 2.67. The molecule has 0 saturated carbocycles. The quantitative estimate of drug-likeness (QED) is 0.125. The van der Waals surface area contributed by atoms with Gasteiger partial charge in [-0.2, -0.15) is 0 Å². The Bertz CT molecular complexity index is 1910. The molecule has 0 fully saturated rings. The van der Waals surface area contributed by atoms with E-state index in [1.165, 1.54) is 16.8 Å². The Morgan fingerprint density at radius 3 is 2.36 bits per heavy atom. The minimum absolute atomic E-state index is 0. The van der Waals surface area contributed by atoms with Crippen LogP contribution in [-0.4, -0.2) is 18.0 Å². The second kappa shape index (κ2) is 14.1. The standard InChI is InChI=1S/C20H15FNO.C18H24NSi.Ir/c1-12(2)13-9-10-22-17(11-13)14-7-8-16(21)19-15-5-3-4-6-18(15)23-20(14)19;1-14(2)11-16-12-17(15-9-7-6-8-10-15)19-13-18(16)20(3,4)5;/h3-6,8-12H,1-2H3;6-9,12-14H,11H2,1-5H3;/q2*-1;/i12D;;. The SMILES string of the molecule is CC(C)Cc1cc(-c2[c-]cccc2)ncc1[Si](C)(C)C.[2H]C(C)(C)c1ccnc(-c2[c-]cc(F)c3c2oc2ccccc23)c1.[Ir]. The summed E-state index contributed by atoms with van der Waals surface area (Å²) in [4.78, 5) is 9.06. The first-order chi connectivity index (χ1) is 20.8. The number of hydrogen-bond donors (Lipinski definition) is 0. The van der Waals surface area contributed by atoms with E-state index in [2.05, 4.69) is 73.9 Å². The minimum atomic E-state index is -1.34. The fourth-order valence-electron chi connectivity index (χ4n) is 5.28. The molecule has 0 aliphatic carbocycles. The number of rotatable bonds is 6. The molecule has 6 rings (SSSR count). The number of hydrogen-bond acceptors (Lipinski definition) is 3. The molecule has 0 aliphatic rings. The second-order valence-corrected chi connectivity index (χ2v) is 17.6. The molecule has 0 N–H and O–H groups in total. The fraction of sp³-hybridized carbons (Fsp3) is 0.263. The number of halogens is 1. The van der Waals surface area contributed by atoms with Gasteiger partial charge in [0, 0.05) is 45.1 Å². The fourth-order valence-corrected chi connectivity index (χ4v) is 6.87. The summed E-state index contributed by atoms with van der Waals surface area (Å²) in [5.74, 6) is -0.444. The molecule has 0 aliphatic heterocycles. The Morgan fingerprint density at radius 2 is 1.68 bits per heavy atom. The van der Waals surface area contributed by atoms with E-state index >= 15 is 0 Å². The van der Waals surface area contributed by atoms with E-state index < -0.39 is 14.0 Å². The molecule has 0 atom stereocenters. The van der Waals surface area contributed by atoms with Crippen molar-refractivity contribution in [1.29, 1.82) is 0 Å². The van der Waals surface area contributed by atoms with Crippen molar-refractivity contribution >= 4 is 35.2 Å². The molecule has 3 aromatic heterocycles. The maximum atomic E-state index is 14.4. The van der Waals surface area contributed by atoms with Gasteiger partial charge in [0.05, 0.1) is 13.7 Å². The largest absolute Gasteiger partial charge is 0.500 e. The van der Waals surface area contributed by atoms with Crippen LogP contribution in [0.25, 0.3) is 44.5 Å². The third-order valence-electron chi connectivity index (χ3n) is 7.41. The van der Waals surface area contributed by atoms with E-state index in [1.54, 1.807) is 6.20 Å². The minimum Gasteiger partial charge on any atom is -0.500 e. The monoisotopic (exact) mass is 780 g/mol. The van der Waals surface area contributed by atoms with Crippen molar-refractivity contribution in [2.75, 3.05) is 0 Å². The third-order valence-corrected chi connectivity index (χ3v) is 9.48. The van der Waals surface area contributed by atoms with E-state index in [0.29, 0.717) is 33.7 Å². The average molecular weight is 780 g/mol. The molecule has 1 radical (unpaired) electrons. The molecule has 0 spiro atoms. The molecule has 0 saturated heterocycles. The van der Waals surface area contributed by atoms with Crippen molar-refractivity contribution in [3.05, 3.63) is 114 Å². The van der Waals surface area contributed by atoms with Gasteiger partial charge in [-0.15, -0.1) is 48.0 Å². The van der Waals surface area contributed by atoms with Crippen LogP contribution in [0.15, 0.2) is 89.6 Å². The number of fused-ring (bicyclic) bond motifs is 3. The number of benzene rings is 3. The first kappa shape index (κ1) is 32.0. The van der Waals surface area contributed by atoms with Crippen molar-refractivity contribution < 1.29 is 30.3 Å². The van der Waals surface area contributed by atoms with Gasteiger partial charge in [0.1, 0.15) is 5.58 Å². The molecule has 6 aromatic rings. The van der Waals surface area contributed by atoms with Gasteiger partial charge >= 0.3 is 0 Å². The van der Waals surface area contributed by atoms with Gasteiger partial charge in [-0.05, 0) is 52.3 Å². The number of nitrogens with zero attached hydrogens (tertiary/aromatic N) is 2. The zero-order valence-corrected chi connectivity index (χ0v) is 29.8. The Hall–Kier alpha value is -3.44. The van der Waals surface area contributed by atoms with Gasteiger partial charge in [-0.1, -0.05) is 94.4 Å². The van der Waals surface area contributed by atoms with Crippen molar-refractivity contribution in [2.45, 2.75) is 59.7 Å². The van der Waals surface area contributed by atoms with E-state index in [-0.39, 0.29) is 25.9 Å². The number of aromatic nitrogens is 2. The summed E-state index contributed by atoms with van der Waals surface area (Å²) in [7, 11) is -1.34. The molecule has 0 bridgehead atoms. The van der Waals surface area contributed by atoms with E-state index in [9.17, 15) is 4.39 Å². The maximum absolute atomic E-state index is 14.4. The Balaban J connectivity index is 0.000000204. The maximum Gasteiger partial charge on any atom is 0.121 e. The van der Waals surface area contributed by atoms with E-state index in [1.807, 2.05) is 68.4 Å². The summed E-state index contributed by atoms with van der Waals surface area (Å²) >= 11 is 0. The molecule has 3 nitrogen and oxygen atoms in total. The van der Waals surface area contributed by atoms with Crippen LogP contribution >= 0.6 is 0 Å². The zero-order chi connectivity index (χ0) is 31.6. The van der Waals surface area contributed by atoms with Crippen LogP contribution in [0.1, 0.15) is 46.1 Å². The van der Waals surface area contributed by atoms with E-state index in [4.69, 9.17) is 5.79 Å². The first-order valence-corrected chi connectivity index (χ1v) is 18.3. The van der Waals surface area contributed by atoms with Crippen molar-refractivity contribution in [3.8, 4) is 22.5 Å². The van der Waals surface area contributed by atoms with Gasteiger partial charge in [0.15, 0.2) is 0 Å². The van der Waals surface area contributed by atoms with Crippen LogP contribution in [0.4, 0.5) is 4.39 Å². The van der Waals surface area contributed by atoms with Crippen molar-refractivity contribution in [1.82, 2.24) is 9.97 Å². The van der Waals surface area contributed by atoms with Crippen LogP contribution in [0, 0.1) is 23.9 Å². The Morgan fingerprint density at radius 1 is 0.932 bits per heavy atom. The zero-order valence-electron chi connectivity index (χ0n) is 27.4. The van der Waals surface area contributed by atoms with Gasteiger partial charge in [0.2, 0.25) is 0 Å². The van der Waals surface area contributed by atoms with Gasteiger partial charge in [-0.3, -0.25) is 4.39 Å². The smallest absolute Gasteiger partial charge is 0.121 e. The summed E-state index contributed by atoms with van der Waals surface area (Å²) in [6.07, 6.45) is 4.90. The summed E-state index contributed by atoms with van der Waals surface area (Å²) in [5.41, 5.74) is 6.72. The van der Waals surface area contributed by atoms with Gasteiger partial charge < -0.3 is 14.4 Å². The van der Waals surface area contributed by atoms with Gasteiger partial charge in [-0.25, -0.2) is 0 Å². The summed E-state index contributed by atoms with van der Waals surface area (Å²) in [6.45, 7) is 15.4. The van der Waals surface area contributed by atoms with E-state index in [0.717, 1.165) is 28.6 Å². The van der Waals surface area contributed by atoms with Crippen LogP contribution in [0.2, 0.25) is 19.6 Å². The molecule has 0 unspecified atom stereocenters. The average Bonchev–Trinajstić information content (AvgIpc) is 3.37. The Kier molecular flexibility index (Phi) is 10.3. The third kappa shape index (κ3) is 7.43. The molecule has 229 valence electrons. The molecule has 6 heteroatoms. The summed E-state index contributed by atoms with van der Waals surface area (Å²) < 4.78 is 28.5. The topological polar surface area (TPSA) is 38.9 Å². The predicted molar refractivity (Wildman–Crippen MR) is 180 cm³/mol. The second-order valence-electron chi connectivity index (χ2n) is 12.6. The Labute approximate surface area is 276 Å². The number of furan rings is 1. The summed E-state index contributed by atoms with van der Waals surface area (Å²) in [6, 6.07) is 28.9. The van der Waals surface area contributed by atoms with Crippen LogP contribution < -0.4 is 5.19 Å².